The second kappa shape index (κ2) is 8.96. The van der Waals surface area contributed by atoms with Crippen molar-refractivity contribution in [3.05, 3.63) is 70.4 Å². The lowest BCUT2D eigenvalue weighted by Crippen LogP contribution is -2.32. The van der Waals surface area contributed by atoms with Crippen LogP contribution in [0.15, 0.2) is 48.8 Å². The zero-order valence-corrected chi connectivity index (χ0v) is 17.8. The molecule has 0 fully saturated rings. The zero-order valence-electron chi connectivity index (χ0n) is 17.0. The maximum absolute atomic E-state index is 12.7. The number of hydrogen-bond donors (Lipinski definition) is 2. The van der Waals surface area contributed by atoms with Gasteiger partial charge in [0.05, 0.1) is 23.9 Å². The predicted octanol–water partition coefficient (Wildman–Crippen LogP) is 5.22. The van der Waals surface area contributed by atoms with Crippen LogP contribution in [0.2, 0.25) is 0 Å². The van der Waals surface area contributed by atoms with Gasteiger partial charge in [-0.1, -0.05) is 12.1 Å². The quantitative estimate of drug-likeness (QED) is 0.547. The van der Waals surface area contributed by atoms with Gasteiger partial charge in [-0.25, -0.2) is 9.59 Å². The highest BCUT2D eigenvalue weighted by Crippen LogP contribution is 2.35. The van der Waals surface area contributed by atoms with Crippen molar-refractivity contribution >= 4 is 29.0 Å². The lowest BCUT2D eigenvalue weighted by molar-refractivity contribution is 0.0527. The molecule has 6 nitrogen and oxygen atoms in total. The number of hydrogen-bond acceptors (Lipinski definition) is 4. The van der Waals surface area contributed by atoms with E-state index in [1.807, 2.05) is 31.5 Å². The Hall–Kier alpha value is -3.06. The minimum atomic E-state index is -0.462. The lowest BCUT2D eigenvalue weighted by atomic mass is 10.1. The molecule has 0 radical (unpaired) electrons. The summed E-state index contributed by atoms with van der Waals surface area (Å²) in [6.45, 7) is 8.13. The Morgan fingerprint density at radius 3 is 2.52 bits per heavy atom. The first-order valence-corrected chi connectivity index (χ1v) is 10.3. The summed E-state index contributed by atoms with van der Waals surface area (Å²) in [5.74, 6) is -0.462. The van der Waals surface area contributed by atoms with E-state index in [0.29, 0.717) is 11.3 Å². The Labute approximate surface area is 174 Å². The number of esters is 1. The summed E-state index contributed by atoms with van der Waals surface area (Å²) in [6, 6.07) is 10.2. The van der Waals surface area contributed by atoms with Gasteiger partial charge in [0.2, 0.25) is 0 Å². The molecule has 2 heterocycles. The molecule has 1 atom stereocenters. The Morgan fingerprint density at radius 1 is 1.14 bits per heavy atom. The van der Waals surface area contributed by atoms with Gasteiger partial charge in [-0.05, 0) is 57.5 Å². The van der Waals surface area contributed by atoms with Crippen molar-refractivity contribution in [2.24, 2.45) is 0 Å². The maximum Gasteiger partial charge on any atom is 0.340 e. The number of para-hydroxylation sites is 1. The molecule has 7 heteroatoms. The summed E-state index contributed by atoms with van der Waals surface area (Å²) in [5.41, 5.74) is 2.99. The van der Waals surface area contributed by atoms with Gasteiger partial charge in [0.1, 0.15) is 5.00 Å². The van der Waals surface area contributed by atoms with Crippen LogP contribution in [0.4, 0.5) is 10.5 Å². The highest BCUT2D eigenvalue weighted by Gasteiger charge is 2.21. The van der Waals surface area contributed by atoms with Gasteiger partial charge in [-0.15, -0.1) is 11.3 Å². The SMILES string of the molecule is CCOC(=O)c1ccccc1NC(=O)N[C@@H](C)c1c(-n2cccc2)sc(C)c1C. The van der Waals surface area contributed by atoms with Gasteiger partial charge in [0.25, 0.3) is 0 Å². The zero-order chi connectivity index (χ0) is 21.0. The van der Waals surface area contributed by atoms with E-state index in [-0.39, 0.29) is 18.7 Å². The molecule has 152 valence electrons. The van der Waals surface area contributed by atoms with Gasteiger partial charge in [-0.3, -0.25) is 0 Å². The van der Waals surface area contributed by atoms with E-state index >= 15 is 0 Å². The van der Waals surface area contributed by atoms with Crippen LogP contribution < -0.4 is 10.6 Å². The summed E-state index contributed by atoms with van der Waals surface area (Å²) in [6.07, 6.45) is 3.99. The molecule has 0 aliphatic heterocycles. The monoisotopic (exact) mass is 411 g/mol. The maximum atomic E-state index is 12.7. The molecule has 0 saturated heterocycles. The normalized spacial score (nSPS) is 11.7. The highest BCUT2D eigenvalue weighted by atomic mass is 32.1. The van der Waals surface area contributed by atoms with Crippen LogP contribution in [0.1, 0.15) is 46.3 Å². The Bertz CT molecular complexity index is 1010. The minimum Gasteiger partial charge on any atom is -0.462 e. The van der Waals surface area contributed by atoms with Crippen LogP contribution in [0.5, 0.6) is 0 Å². The van der Waals surface area contributed by atoms with Crippen LogP contribution in [-0.4, -0.2) is 23.2 Å². The van der Waals surface area contributed by atoms with Crippen molar-refractivity contribution in [1.29, 1.82) is 0 Å². The molecule has 0 saturated carbocycles. The van der Waals surface area contributed by atoms with Crippen molar-refractivity contribution in [1.82, 2.24) is 9.88 Å². The largest absolute Gasteiger partial charge is 0.462 e. The number of carbonyl (C=O) groups excluding carboxylic acids is 2. The average Bonchev–Trinajstić information content (AvgIpc) is 3.31. The topological polar surface area (TPSA) is 72.4 Å². The third-order valence-corrected chi connectivity index (χ3v) is 5.94. The molecule has 0 bridgehead atoms. The van der Waals surface area contributed by atoms with E-state index in [2.05, 4.69) is 29.0 Å². The Kier molecular flexibility index (Phi) is 6.39. The Morgan fingerprint density at radius 2 is 1.83 bits per heavy atom. The lowest BCUT2D eigenvalue weighted by Gasteiger charge is -2.18. The number of thiophene rings is 1. The van der Waals surface area contributed by atoms with Crippen molar-refractivity contribution in [3.8, 4) is 5.00 Å². The molecule has 3 rings (SSSR count). The average molecular weight is 412 g/mol. The number of aryl methyl sites for hydroxylation is 1. The van der Waals surface area contributed by atoms with E-state index in [1.165, 1.54) is 10.4 Å². The van der Waals surface area contributed by atoms with Crippen LogP contribution in [0, 0.1) is 13.8 Å². The molecule has 2 N–H and O–H groups in total. The fourth-order valence-electron chi connectivity index (χ4n) is 3.20. The van der Waals surface area contributed by atoms with E-state index in [1.54, 1.807) is 42.5 Å². The molecule has 2 amide bonds. The number of benzene rings is 1. The fourth-order valence-corrected chi connectivity index (χ4v) is 4.42. The minimum absolute atomic E-state index is 0.216. The number of anilines is 1. The third kappa shape index (κ3) is 4.51. The van der Waals surface area contributed by atoms with Gasteiger partial charge >= 0.3 is 12.0 Å². The number of nitrogens with one attached hydrogen (secondary N) is 2. The summed E-state index contributed by atoms with van der Waals surface area (Å²) >= 11 is 1.70. The molecular formula is C22H25N3O3S. The van der Waals surface area contributed by atoms with Crippen LogP contribution in [-0.2, 0) is 4.74 Å². The van der Waals surface area contributed by atoms with E-state index in [9.17, 15) is 9.59 Å². The first-order chi connectivity index (χ1) is 13.9. The smallest absolute Gasteiger partial charge is 0.340 e. The molecule has 2 aromatic heterocycles. The number of carbonyl (C=O) groups is 2. The molecular weight excluding hydrogens is 386 g/mol. The molecule has 3 aromatic rings. The predicted molar refractivity (Wildman–Crippen MR) is 116 cm³/mol. The van der Waals surface area contributed by atoms with Crippen molar-refractivity contribution < 1.29 is 14.3 Å². The van der Waals surface area contributed by atoms with E-state index < -0.39 is 5.97 Å². The van der Waals surface area contributed by atoms with Crippen molar-refractivity contribution in [2.45, 2.75) is 33.7 Å². The van der Waals surface area contributed by atoms with Gasteiger partial charge in [0, 0.05) is 22.8 Å². The first kappa shape index (κ1) is 20.7. The van der Waals surface area contributed by atoms with Crippen molar-refractivity contribution in [2.75, 3.05) is 11.9 Å². The van der Waals surface area contributed by atoms with Gasteiger partial charge in [0.15, 0.2) is 0 Å². The molecule has 29 heavy (non-hydrogen) atoms. The van der Waals surface area contributed by atoms with Crippen LogP contribution >= 0.6 is 11.3 Å². The number of aromatic nitrogens is 1. The number of urea groups is 1. The summed E-state index contributed by atoms with van der Waals surface area (Å²) in [5, 5.41) is 6.85. The fraction of sp³-hybridized carbons (Fsp3) is 0.273. The van der Waals surface area contributed by atoms with E-state index in [4.69, 9.17) is 4.74 Å². The summed E-state index contributed by atoms with van der Waals surface area (Å²) < 4.78 is 7.13. The number of nitrogens with zero attached hydrogens (tertiary/aromatic N) is 1. The second-order valence-corrected chi connectivity index (χ2v) is 7.88. The second-order valence-electron chi connectivity index (χ2n) is 6.68. The summed E-state index contributed by atoms with van der Waals surface area (Å²) in [7, 11) is 0. The summed E-state index contributed by atoms with van der Waals surface area (Å²) in [4.78, 5) is 26.0. The Balaban J connectivity index is 1.79. The van der Waals surface area contributed by atoms with Gasteiger partial charge in [-0.2, -0.15) is 0 Å². The van der Waals surface area contributed by atoms with Crippen LogP contribution in [0.3, 0.4) is 0 Å². The molecule has 0 spiro atoms. The standard InChI is InChI=1S/C22H25N3O3S/c1-5-28-21(26)17-10-6-7-11-18(17)24-22(27)23-15(3)19-14(2)16(4)29-20(19)25-12-8-9-13-25/h6-13,15H,5H2,1-4H3,(H2,23,24,27)/t15-/m0/s1. The first-order valence-electron chi connectivity index (χ1n) is 9.49. The molecule has 1 aromatic carbocycles. The van der Waals surface area contributed by atoms with Gasteiger partial charge < -0.3 is 19.9 Å². The molecule has 0 aliphatic rings. The molecule has 0 unspecified atom stereocenters. The number of rotatable bonds is 6. The highest BCUT2D eigenvalue weighted by molar-refractivity contribution is 7.14. The van der Waals surface area contributed by atoms with Crippen LogP contribution in [0.25, 0.3) is 5.00 Å². The number of amides is 2. The third-order valence-electron chi connectivity index (χ3n) is 4.70. The molecule has 0 aliphatic carbocycles. The number of ether oxygens (including phenoxy) is 1. The van der Waals surface area contributed by atoms with Crippen molar-refractivity contribution in [3.63, 3.8) is 0 Å². The van der Waals surface area contributed by atoms with E-state index in [0.717, 1.165) is 10.6 Å².